The maximum atomic E-state index is 12.9. The van der Waals surface area contributed by atoms with Crippen LogP contribution >= 0.6 is 23.2 Å². The van der Waals surface area contributed by atoms with Crippen LogP contribution in [0.25, 0.3) is 0 Å². The zero-order chi connectivity index (χ0) is 18.5. The smallest absolute Gasteiger partial charge is 0.340 e. The number of esters is 1. The van der Waals surface area contributed by atoms with Gasteiger partial charge in [0.1, 0.15) is 0 Å². The van der Waals surface area contributed by atoms with Gasteiger partial charge in [-0.25, -0.2) is 4.79 Å². The van der Waals surface area contributed by atoms with Crippen molar-refractivity contribution in [3.05, 3.63) is 69.7 Å². The Kier molecular flexibility index (Phi) is 6.14. The minimum Gasteiger partial charge on any atom is -0.444 e. The fraction of sp³-hybridized carbons (Fsp3) is 0.263. The molecule has 1 unspecified atom stereocenters. The zero-order valence-corrected chi connectivity index (χ0v) is 15.4. The standard InChI is InChI=1S/C19H17Cl2NO4/c20-14-6-7-15(16(21)12-14)19(24)26-17(13-4-2-1-3-5-13)18(23)22-8-10-25-11-9-22/h1-7,12,17H,8-11H2. The largest absolute Gasteiger partial charge is 0.444 e. The summed E-state index contributed by atoms with van der Waals surface area (Å²) < 4.78 is 10.8. The van der Waals surface area contributed by atoms with Gasteiger partial charge in [0.15, 0.2) is 0 Å². The van der Waals surface area contributed by atoms with E-state index in [2.05, 4.69) is 0 Å². The van der Waals surface area contributed by atoms with Crippen LogP contribution < -0.4 is 0 Å². The van der Waals surface area contributed by atoms with Crippen LogP contribution in [0.1, 0.15) is 22.0 Å². The van der Waals surface area contributed by atoms with Crippen molar-refractivity contribution in [3.8, 4) is 0 Å². The number of hydrogen-bond acceptors (Lipinski definition) is 4. The third-order valence-corrected chi connectivity index (χ3v) is 4.57. The molecule has 0 spiro atoms. The molecule has 5 nitrogen and oxygen atoms in total. The van der Waals surface area contributed by atoms with E-state index in [1.54, 1.807) is 35.2 Å². The number of ether oxygens (including phenoxy) is 2. The van der Waals surface area contributed by atoms with Gasteiger partial charge in [0.25, 0.3) is 5.91 Å². The predicted molar refractivity (Wildman–Crippen MR) is 98.5 cm³/mol. The molecule has 0 aliphatic carbocycles. The SMILES string of the molecule is O=C(OC(C(=O)N1CCOCC1)c1ccccc1)c1ccc(Cl)cc1Cl. The first-order chi connectivity index (χ1) is 12.6. The van der Waals surface area contributed by atoms with Crippen LogP contribution in [-0.2, 0) is 14.3 Å². The molecular formula is C19H17Cl2NO4. The molecule has 26 heavy (non-hydrogen) atoms. The van der Waals surface area contributed by atoms with Gasteiger partial charge in [-0.15, -0.1) is 0 Å². The van der Waals surface area contributed by atoms with E-state index in [9.17, 15) is 9.59 Å². The quantitative estimate of drug-likeness (QED) is 0.742. The van der Waals surface area contributed by atoms with E-state index < -0.39 is 12.1 Å². The Bertz CT molecular complexity index is 791. The number of nitrogens with zero attached hydrogens (tertiary/aromatic N) is 1. The van der Waals surface area contributed by atoms with Crippen molar-refractivity contribution in [1.29, 1.82) is 0 Å². The van der Waals surface area contributed by atoms with Crippen LogP contribution in [-0.4, -0.2) is 43.1 Å². The van der Waals surface area contributed by atoms with Gasteiger partial charge in [-0.1, -0.05) is 53.5 Å². The van der Waals surface area contributed by atoms with Gasteiger partial charge in [-0.05, 0) is 18.2 Å². The maximum absolute atomic E-state index is 12.9. The Morgan fingerprint density at radius 2 is 1.73 bits per heavy atom. The lowest BCUT2D eigenvalue weighted by Gasteiger charge is -2.30. The Labute approximate surface area is 161 Å². The minimum atomic E-state index is -1.05. The van der Waals surface area contributed by atoms with Crippen molar-refractivity contribution in [2.45, 2.75) is 6.10 Å². The summed E-state index contributed by atoms with van der Waals surface area (Å²) in [6.07, 6.45) is -1.05. The first-order valence-corrected chi connectivity index (χ1v) is 8.89. The Balaban J connectivity index is 1.85. The van der Waals surface area contributed by atoms with Crippen molar-refractivity contribution in [2.24, 2.45) is 0 Å². The summed E-state index contributed by atoms with van der Waals surface area (Å²) in [4.78, 5) is 27.2. The van der Waals surface area contributed by atoms with E-state index in [1.165, 1.54) is 12.1 Å². The van der Waals surface area contributed by atoms with Gasteiger partial charge in [0, 0.05) is 23.7 Å². The first kappa shape index (κ1) is 18.7. The van der Waals surface area contributed by atoms with Crippen LogP contribution in [0.5, 0.6) is 0 Å². The molecule has 1 atom stereocenters. The molecule has 1 aliphatic heterocycles. The number of amides is 1. The second-order valence-corrected chi connectivity index (χ2v) is 6.60. The van der Waals surface area contributed by atoms with E-state index in [-0.39, 0.29) is 16.5 Å². The lowest BCUT2D eigenvalue weighted by atomic mass is 10.1. The highest BCUT2D eigenvalue weighted by Gasteiger charge is 2.31. The molecule has 136 valence electrons. The van der Waals surface area contributed by atoms with Crippen LogP contribution in [0.3, 0.4) is 0 Å². The Morgan fingerprint density at radius 3 is 2.38 bits per heavy atom. The van der Waals surface area contributed by atoms with Gasteiger partial charge >= 0.3 is 5.97 Å². The fourth-order valence-corrected chi connectivity index (χ4v) is 3.15. The second kappa shape index (κ2) is 8.54. The molecule has 1 fully saturated rings. The highest BCUT2D eigenvalue weighted by molar-refractivity contribution is 6.36. The summed E-state index contributed by atoms with van der Waals surface area (Å²) in [7, 11) is 0. The predicted octanol–water partition coefficient (Wildman–Crippen LogP) is 3.75. The maximum Gasteiger partial charge on any atom is 0.340 e. The Morgan fingerprint density at radius 1 is 1.04 bits per heavy atom. The molecule has 0 saturated carbocycles. The van der Waals surface area contributed by atoms with Crippen LogP contribution in [0.4, 0.5) is 0 Å². The average molecular weight is 394 g/mol. The molecule has 0 aromatic heterocycles. The lowest BCUT2D eigenvalue weighted by Crippen LogP contribution is -2.44. The number of halogens is 2. The minimum absolute atomic E-state index is 0.159. The zero-order valence-electron chi connectivity index (χ0n) is 13.9. The first-order valence-electron chi connectivity index (χ1n) is 8.14. The number of carbonyl (C=O) groups excluding carboxylic acids is 2. The summed E-state index contributed by atoms with van der Waals surface area (Å²) in [5, 5.41) is 0.587. The van der Waals surface area contributed by atoms with Crippen molar-refractivity contribution < 1.29 is 19.1 Å². The molecule has 1 saturated heterocycles. The van der Waals surface area contributed by atoms with Crippen LogP contribution in [0, 0.1) is 0 Å². The van der Waals surface area contributed by atoms with E-state index in [1.807, 2.05) is 6.07 Å². The molecular weight excluding hydrogens is 377 g/mol. The van der Waals surface area contributed by atoms with Crippen molar-refractivity contribution in [1.82, 2.24) is 4.90 Å². The normalized spacial score (nSPS) is 15.4. The average Bonchev–Trinajstić information content (AvgIpc) is 2.67. The summed E-state index contributed by atoms with van der Waals surface area (Å²) in [5.74, 6) is -0.958. The number of hydrogen-bond donors (Lipinski definition) is 0. The number of benzene rings is 2. The van der Waals surface area contributed by atoms with E-state index in [4.69, 9.17) is 32.7 Å². The van der Waals surface area contributed by atoms with Gasteiger partial charge in [0.2, 0.25) is 6.10 Å². The fourth-order valence-electron chi connectivity index (χ4n) is 2.66. The molecule has 0 radical (unpaired) electrons. The van der Waals surface area contributed by atoms with Gasteiger partial charge in [-0.3, -0.25) is 4.79 Å². The third kappa shape index (κ3) is 4.36. The molecule has 2 aromatic rings. The number of rotatable bonds is 4. The summed E-state index contributed by atoms with van der Waals surface area (Å²) >= 11 is 12.0. The lowest BCUT2D eigenvalue weighted by molar-refractivity contribution is -0.145. The highest BCUT2D eigenvalue weighted by Crippen LogP contribution is 2.26. The summed E-state index contributed by atoms with van der Waals surface area (Å²) in [6, 6.07) is 13.4. The number of morpholine rings is 1. The highest BCUT2D eigenvalue weighted by atomic mass is 35.5. The summed E-state index contributed by atoms with van der Waals surface area (Å²) in [5.41, 5.74) is 0.759. The van der Waals surface area contributed by atoms with Gasteiger partial charge < -0.3 is 14.4 Å². The van der Waals surface area contributed by atoms with E-state index in [0.29, 0.717) is 36.9 Å². The summed E-state index contributed by atoms with van der Waals surface area (Å²) in [6.45, 7) is 1.84. The van der Waals surface area contributed by atoms with Gasteiger partial charge in [0.05, 0.1) is 23.8 Å². The van der Waals surface area contributed by atoms with Crippen molar-refractivity contribution in [3.63, 3.8) is 0 Å². The topological polar surface area (TPSA) is 55.8 Å². The molecule has 2 aromatic carbocycles. The van der Waals surface area contributed by atoms with Crippen LogP contribution in [0.15, 0.2) is 48.5 Å². The van der Waals surface area contributed by atoms with Crippen molar-refractivity contribution >= 4 is 35.1 Å². The van der Waals surface area contributed by atoms with Gasteiger partial charge in [-0.2, -0.15) is 0 Å². The third-order valence-electron chi connectivity index (χ3n) is 4.03. The second-order valence-electron chi connectivity index (χ2n) is 5.76. The monoisotopic (exact) mass is 393 g/mol. The molecule has 1 aliphatic rings. The molecule has 3 rings (SSSR count). The van der Waals surface area contributed by atoms with E-state index >= 15 is 0 Å². The molecule has 1 amide bonds. The molecule has 7 heteroatoms. The molecule has 0 N–H and O–H groups in total. The molecule has 0 bridgehead atoms. The van der Waals surface area contributed by atoms with Crippen molar-refractivity contribution in [2.75, 3.05) is 26.3 Å². The van der Waals surface area contributed by atoms with Crippen LogP contribution in [0.2, 0.25) is 10.0 Å². The number of carbonyl (C=O) groups is 2. The molecule has 1 heterocycles. The van der Waals surface area contributed by atoms with E-state index in [0.717, 1.165) is 0 Å². The Hall–Kier alpha value is -2.08.